The van der Waals surface area contributed by atoms with Crippen LogP contribution in [-0.4, -0.2) is 46.6 Å². The van der Waals surface area contributed by atoms with Gasteiger partial charge in [-0.15, -0.1) is 0 Å². The summed E-state index contributed by atoms with van der Waals surface area (Å²) < 4.78 is 5.92. The molecule has 3 heterocycles. The average molecular weight is 698 g/mol. The topological polar surface area (TPSA) is 96.5 Å². The number of ether oxygens (including phenoxy) is 1. The van der Waals surface area contributed by atoms with Gasteiger partial charge in [-0.3, -0.25) is 4.79 Å². The van der Waals surface area contributed by atoms with Crippen molar-refractivity contribution in [2.75, 3.05) is 30.3 Å². The lowest BCUT2D eigenvalue weighted by Crippen LogP contribution is -2.38. The highest BCUT2D eigenvalue weighted by Crippen LogP contribution is 2.45. The summed E-state index contributed by atoms with van der Waals surface area (Å²) in [7, 11) is 0. The fourth-order valence-electron chi connectivity index (χ4n) is 7.98. The first-order valence-electron chi connectivity index (χ1n) is 17.7. The lowest BCUT2D eigenvalue weighted by Gasteiger charge is -2.32. The molecule has 0 spiro atoms. The summed E-state index contributed by atoms with van der Waals surface area (Å²) >= 11 is 6.53. The maximum atomic E-state index is 13.1. The summed E-state index contributed by atoms with van der Waals surface area (Å²) in [5.41, 5.74) is 10.2. The summed E-state index contributed by atoms with van der Waals surface area (Å²) in [5, 5.41) is 6.84. The van der Waals surface area contributed by atoms with Crippen molar-refractivity contribution in [2.45, 2.75) is 56.8 Å². The molecule has 1 fully saturated rings. The molecule has 2 amide bonds. The molecule has 258 valence electrons. The third-order valence-electron chi connectivity index (χ3n) is 10.8. The van der Waals surface area contributed by atoms with E-state index in [2.05, 4.69) is 82.3 Å². The molecule has 3 aliphatic rings. The van der Waals surface area contributed by atoms with Crippen LogP contribution in [0.25, 0.3) is 11.1 Å². The Morgan fingerprint density at radius 1 is 0.922 bits per heavy atom. The number of fused-ring (bicyclic) bond motifs is 4. The van der Waals surface area contributed by atoms with Crippen LogP contribution in [-0.2, 0) is 27.8 Å². The molecule has 2 aliphatic heterocycles. The number of anilines is 3. The van der Waals surface area contributed by atoms with Crippen molar-refractivity contribution in [2.24, 2.45) is 0 Å². The molecule has 0 bridgehead atoms. The van der Waals surface area contributed by atoms with E-state index >= 15 is 0 Å². The van der Waals surface area contributed by atoms with Crippen molar-refractivity contribution >= 4 is 40.9 Å². The summed E-state index contributed by atoms with van der Waals surface area (Å²) in [6.45, 7) is 5.59. The van der Waals surface area contributed by atoms with E-state index in [0.29, 0.717) is 49.4 Å². The number of piperidine rings is 1. The number of nitrogens with one attached hydrogen (secondary N) is 2. The van der Waals surface area contributed by atoms with E-state index in [4.69, 9.17) is 21.3 Å². The minimum Gasteiger partial charge on any atom is -0.448 e. The summed E-state index contributed by atoms with van der Waals surface area (Å²) in [6, 6.07) is 31.2. The molecule has 1 aromatic heterocycles. The number of hydrogen-bond acceptors (Lipinski definition) is 6. The monoisotopic (exact) mass is 697 g/mol. The second-order valence-electron chi connectivity index (χ2n) is 14.2. The number of likely N-dealkylation sites (tertiary alicyclic amines) is 1. The molecule has 8 nitrogen and oxygen atoms in total. The number of aryl methyl sites for hydroxylation is 2. The molecule has 0 saturated carbocycles. The Morgan fingerprint density at radius 3 is 2.31 bits per heavy atom. The summed E-state index contributed by atoms with van der Waals surface area (Å²) in [4.78, 5) is 36.7. The second-order valence-corrected chi connectivity index (χ2v) is 14.6. The van der Waals surface area contributed by atoms with Crippen LogP contribution in [0.4, 0.5) is 22.1 Å². The first-order chi connectivity index (χ1) is 24.8. The number of amides is 2. The van der Waals surface area contributed by atoms with Crippen LogP contribution < -0.4 is 10.6 Å². The van der Waals surface area contributed by atoms with Gasteiger partial charge in [-0.05, 0) is 103 Å². The van der Waals surface area contributed by atoms with Crippen molar-refractivity contribution in [1.29, 1.82) is 0 Å². The van der Waals surface area contributed by atoms with Crippen molar-refractivity contribution < 1.29 is 14.3 Å². The average Bonchev–Trinajstić information content (AvgIpc) is 3.60. The number of hydrogen-bond donors (Lipinski definition) is 2. The van der Waals surface area contributed by atoms with Crippen LogP contribution in [0.15, 0.2) is 97.2 Å². The SMILES string of the molecule is CC1(C)C(=O)Nc2cccc(CCc3nc(Nc4ccc(C5CCN(C(=O)OCC6c7ccccc7-c7ccccc76)CC5)cc4)ncc3Cl)c21. The van der Waals surface area contributed by atoms with E-state index in [1.54, 1.807) is 6.20 Å². The van der Waals surface area contributed by atoms with Crippen LogP contribution in [0, 0.1) is 0 Å². The van der Waals surface area contributed by atoms with Crippen molar-refractivity contribution in [3.8, 4) is 11.1 Å². The standard InChI is InChI=1S/C42H40ClN5O3/c1-42(2)38-28(8-7-13-37(38)46-39(42)49)16-19-36-35(43)24-44-40(47-36)45-29-17-14-26(15-18-29)27-20-22-48(23-21-27)41(50)51-25-34-32-11-5-3-9-30(32)31-10-4-6-12-33(31)34/h3-15,17-18,24,27,34H,16,19-23,25H2,1-2H3,(H,46,49)(H,44,45,47). The van der Waals surface area contributed by atoms with E-state index in [9.17, 15) is 9.59 Å². The number of carbonyl (C=O) groups is 2. The zero-order chi connectivity index (χ0) is 35.1. The van der Waals surface area contributed by atoms with Crippen molar-refractivity contribution in [3.63, 3.8) is 0 Å². The predicted octanol–water partition coefficient (Wildman–Crippen LogP) is 9.02. The lowest BCUT2D eigenvalue weighted by atomic mass is 9.82. The van der Waals surface area contributed by atoms with E-state index in [0.717, 1.165) is 41.0 Å². The Bertz CT molecular complexity index is 2080. The Balaban J connectivity index is 0.847. The molecule has 8 rings (SSSR count). The van der Waals surface area contributed by atoms with Crippen molar-refractivity contribution in [3.05, 3.63) is 136 Å². The maximum Gasteiger partial charge on any atom is 0.409 e. The van der Waals surface area contributed by atoms with E-state index in [1.807, 2.05) is 43.0 Å². The van der Waals surface area contributed by atoms with E-state index < -0.39 is 5.41 Å². The quantitative estimate of drug-likeness (QED) is 0.168. The van der Waals surface area contributed by atoms with Gasteiger partial charge < -0.3 is 20.3 Å². The van der Waals surface area contributed by atoms with E-state index in [-0.39, 0.29) is 17.9 Å². The molecule has 1 saturated heterocycles. The minimum atomic E-state index is -0.583. The van der Waals surface area contributed by atoms with Gasteiger partial charge in [0.15, 0.2) is 0 Å². The Hall–Kier alpha value is -5.21. The fourth-order valence-corrected chi connectivity index (χ4v) is 8.17. The molecule has 2 N–H and O–H groups in total. The third kappa shape index (κ3) is 6.33. The van der Waals surface area contributed by atoms with Crippen LogP contribution in [0.2, 0.25) is 5.02 Å². The van der Waals surface area contributed by atoms with Crippen LogP contribution >= 0.6 is 11.6 Å². The normalized spacial score (nSPS) is 16.3. The van der Waals surface area contributed by atoms with Gasteiger partial charge >= 0.3 is 6.09 Å². The molecule has 1 aliphatic carbocycles. The fraction of sp³-hybridized carbons (Fsp3) is 0.286. The number of nitrogens with zero attached hydrogens (tertiary/aromatic N) is 3. The third-order valence-corrected chi connectivity index (χ3v) is 11.1. The molecule has 9 heteroatoms. The molecule has 0 unspecified atom stereocenters. The largest absolute Gasteiger partial charge is 0.448 e. The zero-order valence-corrected chi connectivity index (χ0v) is 29.5. The Labute approximate surface area is 303 Å². The highest BCUT2D eigenvalue weighted by molar-refractivity contribution is 6.31. The predicted molar refractivity (Wildman–Crippen MR) is 201 cm³/mol. The Kier molecular flexibility index (Phi) is 8.72. The van der Waals surface area contributed by atoms with Crippen LogP contribution in [0.5, 0.6) is 0 Å². The van der Waals surface area contributed by atoms with E-state index in [1.165, 1.54) is 27.8 Å². The lowest BCUT2D eigenvalue weighted by molar-refractivity contribution is -0.119. The molecule has 51 heavy (non-hydrogen) atoms. The number of benzene rings is 4. The highest BCUT2D eigenvalue weighted by Gasteiger charge is 2.40. The first-order valence-corrected chi connectivity index (χ1v) is 18.1. The zero-order valence-electron chi connectivity index (χ0n) is 28.8. The second kappa shape index (κ2) is 13.5. The number of aromatic nitrogens is 2. The van der Waals surface area contributed by atoms with Gasteiger partial charge in [0.1, 0.15) is 6.61 Å². The first kappa shape index (κ1) is 33.0. The molecule has 0 atom stereocenters. The van der Waals surface area contributed by atoms with Crippen LogP contribution in [0.1, 0.15) is 72.0 Å². The van der Waals surface area contributed by atoms with Crippen molar-refractivity contribution in [1.82, 2.24) is 14.9 Å². The van der Waals surface area contributed by atoms with Gasteiger partial charge in [0, 0.05) is 30.4 Å². The molecule has 4 aromatic carbocycles. The summed E-state index contributed by atoms with van der Waals surface area (Å²) in [5.74, 6) is 0.921. The maximum absolute atomic E-state index is 13.1. The molecule has 0 radical (unpaired) electrons. The van der Waals surface area contributed by atoms with Gasteiger partial charge in [-0.2, -0.15) is 0 Å². The van der Waals surface area contributed by atoms with Gasteiger partial charge in [-0.25, -0.2) is 14.8 Å². The summed E-state index contributed by atoms with van der Waals surface area (Å²) in [6.07, 6.45) is 4.48. The van der Waals surface area contributed by atoms with Gasteiger partial charge in [0.2, 0.25) is 11.9 Å². The van der Waals surface area contributed by atoms with Gasteiger partial charge in [0.25, 0.3) is 0 Å². The Morgan fingerprint density at radius 2 is 1.61 bits per heavy atom. The van der Waals surface area contributed by atoms with Gasteiger partial charge in [0.05, 0.1) is 22.3 Å². The number of carbonyl (C=O) groups excluding carboxylic acids is 2. The minimum absolute atomic E-state index is 0.0153. The van der Waals surface area contributed by atoms with Crippen LogP contribution in [0.3, 0.4) is 0 Å². The molecular weight excluding hydrogens is 658 g/mol. The molecule has 5 aromatic rings. The van der Waals surface area contributed by atoms with Gasteiger partial charge in [-0.1, -0.05) is 84.4 Å². The number of halogens is 1. The smallest absolute Gasteiger partial charge is 0.409 e. The highest BCUT2D eigenvalue weighted by atomic mass is 35.5. The number of rotatable bonds is 8. The molecular formula is C42H40ClN5O3.